The molecule has 0 bridgehead atoms. The minimum atomic E-state index is -0.224. The van der Waals surface area contributed by atoms with E-state index < -0.39 is 0 Å². The maximum atomic E-state index is 12.3. The van der Waals surface area contributed by atoms with Gasteiger partial charge in [0.1, 0.15) is 19.0 Å². The number of amides is 2. The average Bonchev–Trinajstić information content (AvgIpc) is 2.65. The Labute approximate surface area is 143 Å². The second kappa shape index (κ2) is 6.35. The summed E-state index contributed by atoms with van der Waals surface area (Å²) in [4.78, 5) is 23.6. The topological polar surface area (TPSA) is 85.9 Å². The fraction of sp³-hybridized carbons (Fsp3) is 0.222. The number of carbonyl (C=O) groups excluding carboxylic acids is 2. The van der Waals surface area contributed by atoms with Gasteiger partial charge in [-0.2, -0.15) is 0 Å². The molecule has 0 unspecified atom stereocenters. The molecule has 2 amide bonds. The molecular weight excluding hydrogens is 324 g/mol. The molecule has 2 aliphatic rings. The molecule has 2 aliphatic heterocycles. The Morgan fingerprint density at radius 2 is 1.84 bits per heavy atom. The Balaban J connectivity index is 1.43. The van der Waals surface area contributed by atoms with Gasteiger partial charge in [0, 0.05) is 12.1 Å². The number of hydrogen-bond acceptors (Lipinski definition) is 5. The Morgan fingerprint density at radius 3 is 2.72 bits per heavy atom. The summed E-state index contributed by atoms with van der Waals surface area (Å²) in [6.07, 6.45) is 0. The van der Waals surface area contributed by atoms with Crippen LogP contribution in [0.5, 0.6) is 17.2 Å². The zero-order valence-corrected chi connectivity index (χ0v) is 13.3. The zero-order valence-electron chi connectivity index (χ0n) is 13.3. The van der Waals surface area contributed by atoms with Crippen LogP contribution in [0, 0.1) is 0 Å². The lowest BCUT2D eigenvalue weighted by Crippen LogP contribution is -2.26. The largest absolute Gasteiger partial charge is 0.486 e. The van der Waals surface area contributed by atoms with E-state index in [4.69, 9.17) is 14.2 Å². The summed E-state index contributed by atoms with van der Waals surface area (Å²) in [5.41, 5.74) is 1.95. The summed E-state index contributed by atoms with van der Waals surface area (Å²) < 4.78 is 16.3. The van der Waals surface area contributed by atoms with Crippen LogP contribution in [0.1, 0.15) is 15.9 Å². The Kier molecular flexibility index (Phi) is 3.89. The molecule has 0 atom stereocenters. The highest BCUT2D eigenvalue weighted by molar-refractivity contribution is 5.98. The predicted molar refractivity (Wildman–Crippen MR) is 89.2 cm³/mol. The van der Waals surface area contributed by atoms with E-state index in [1.54, 1.807) is 18.2 Å². The highest BCUT2D eigenvalue weighted by Gasteiger charge is 2.18. The number of carbonyl (C=O) groups is 2. The van der Waals surface area contributed by atoms with Gasteiger partial charge in [-0.3, -0.25) is 9.59 Å². The van der Waals surface area contributed by atoms with E-state index in [1.807, 2.05) is 18.2 Å². The molecule has 0 spiro atoms. The fourth-order valence-corrected chi connectivity index (χ4v) is 2.70. The lowest BCUT2D eigenvalue weighted by atomic mass is 10.1. The zero-order chi connectivity index (χ0) is 17.2. The van der Waals surface area contributed by atoms with Gasteiger partial charge in [0.2, 0.25) is 0 Å². The van der Waals surface area contributed by atoms with E-state index in [0.29, 0.717) is 42.5 Å². The van der Waals surface area contributed by atoms with Gasteiger partial charge in [0.15, 0.2) is 18.1 Å². The van der Waals surface area contributed by atoms with Crippen molar-refractivity contribution in [3.8, 4) is 17.2 Å². The van der Waals surface area contributed by atoms with Crippen molar-refractivity contribution in [3.63, 3.8) is 0 Å². The van der Waals surface area contributed by atoms with E-state index in [-0.39, 0.29) is 18.4 Å². The van der Waals surface area contributed by atoms with Crippen molar-refractivity contribution in [2.75, 3.05) is 25.1 Å². The van der Waals surface area contributed by atoms with E-state index >= 15 is 0 Å². The number of nitrogens with one attached hydrogen (secondary N) is 2. The van der Waals surface area contributed by atoms with Crippen molar-refractivity contribution in [1.29, 1.82) is 0 Å². The predicted octanol–water partition coefficient (Wildman–Crippen LogP) is 1.72. The minimum Gasteiger partial charge on any atom is -0.486 e. The van der Waals surface area contributed by atoms with Crippen LogP contribution in [-0.2, 0) is 11.3 Å². The first-order chi connectivity index (χ1) is 12.2. The molecule has 7 heteroatoms. The van der Waals surface area contributed by atoms with Crippen molar-refractivity contribution in [1.82, 2.24) is 5.32 Å². The van der Waals surface area contributed by atoms with Crippen LogP contribution in [0.4, 0.5) is 5.69 Å². The summed E-state index contributed by atoms with van der Waals surface area (Å²) in [5, 5.41) is 5.55. The van der Waals surface area contributed by atoms with Gasteiger partial charge >= 0.3 is 0 Å². The van der Waals surface area contributed by atoms with Gasteiger partial charge in [-0.05, 0) is 35.9 Å². The van der Waals surface area contributed by atoms with Crippen molar-refractivity contribution in [3.05, 3.63) is 47.5 Å². The highest BCUT2D eigenvalue weighted by atomic mass is 16.6. The molecule has 0 radical (unpaired) electrons. The van der Waals surface area contributed by atoms with Gasteiger partial charge in [-0.15, -0.1) is 0 Å². The van der Waals surface area contributed by atoms with Crippen LogP contribution in [0.15, 0.2) is 36.4 Å². The normalized spacial score (nSPS) is 14.8. The number of ether oxygens (including phenoxy) is 3. The molecule has 0 aliphatic carbocycles. The molecule has 0 saturated carbocycles. The van der Waals surface area contributed by atoms with E-state index in [1.165, 1.54) is 0 Å². The summed E-state index contributed by atoms with van der Waals surface area (Å²) in [5.74, 6) is 1.47. The smallest absolute Gasteiger partial charge is 0.262 e. The molecule has 2 heterocycles. The molecule has 0 saturated heterocycles. The quantitative estimate of drug-likeness (QED) is 0.888. The molecule has 0 fully saturated rings. The monoisotopic (exact) mass is 340 g/mol. The first-order valence-corrected chi connectivity index (χ1v) is 7.92. The first kappa shape index (κ1) is 15.3. The van der Waals surface area contributed by atoms with Crippen LogP contribution < -0.4 is 24.8 Å². The van der Waals surface area contributed by atoms with E-state index in [9.17, 15) is 9.59 Å². The number of rotatable bonds is 3. The van der Waals surface area contributed by atoms with Crippen molar-refractivity contribution >= 4 is 17.5 Å². The molecule has 4 rings (SSSR count). The third kappa shape index (κ3) is 3.21. The number of fused-ring (bicyclic) bond motifs is 2. The van der Waals surface area contributed by atoms with E-state index in [0.717, 1.165) is 11.3 Å². The molecule has 2 N–H and O–H groups in total. The van der Waals surface area contributed by atoms with E-state index in [2.05, 4.69) is 10.6 Å². The molecular formula is C18H16N2O5. The molecule has 7 nitrogen and oxygen atoms in total. The van der Waals surface area contributed by atoms with Crippen LogP contribution >= 0.6 is 0 Å². The maximum Gasteiger partial charge on any atom is 0.262 e. The second-order valence-electron chi connectivity index (χ2n) is 5.71. The van der Waals surface area contributed by atoms with Gasteiger partial charge in [-0.25, -0.2) is 0 Å². The van der Waals surface area contributed by atoms with Gasteiger partial charge in [0.25, 0.3) is 11.8 Å². The second-order valence-corrected chi connectivity index (χ2v) is 5.71. The summed E-state index contributed by atoms with van der Waals surface area (Å²) >= 11 is 0. The summed E-state index contributed by atoms with van der Waals surface area (Å²) in [6.45, 7) is 1.39. The fourth-order valence-electron chi connectivity index (χ4n) is 2.70. The van der Waals surface area contributed by atoms with Gasteiger partial charge < -0.3 is 24.8 Å². The average molecular weight is 340 g/mol. The van der Waals surface area contributed by atoms with Gasteiger partial charge in [-0.1, -0.05) is 6.07 Å². The number of benzene rings is 2. The first-order valence-electron chi connectivity index (χ1n) is 7.92. The van der Waals surface area contributed by atoms with Gasteiger partial charge in [0.05, 0.1) is 5.69 Å². The third-order valence-electron chi connectivity index (χ3n) is 3.94. The minimum absolute atomic E-state index is 0.0464. The van der Waals surface area contributed by atoms with Crippen molar-refractivity contribution < 1.29 is 23.8 Å². The SMILES string of the molecule is O=C1COc2cc(C(=O)NCc3ccc4c(c3)OCCO4)ccc2N1. The van der Waals surface area contributed by atoms with Crippen molar-refractivity contribution in [2.45, 2.75) is 6.54 Å². The maximum absolute atomic E-state index is 12.3. The Bertz CT molecular complexity index is 849. The van der Waals surface area contributed by atoms with Crippen LogP contribution in [-0.4, -0.2) is 31.6 Å². The highest BCUT2D eigenvalue weighted by Crippen LogP contribution is 2.31. The summed E-state index contributed by atoms with van der Waals surface area (Å²) in [6, 6.07) is 10.5. The Morgan fingerprint density at radius 1 is 1.00 bits per heavy atom. The van der Waals surface area contributed by atoms with Crippen LogP contribution in [0.3, 0.4) is 0 Å². The summed E-state index contributed by atoms with van der Waals surface area (Å²) in [7, 11) is 0. The standard InChI is InChI=1S/C18H16N2O5/c21-17-10-25-15-8-12(2-3-13(15)20-17)18(22)19-9-11-1-4-14-16(7-11)24-6-5-23-14/h1-4,7-8H,5-6,9-10H2,(H,19,22)(H,20,21). The molecule has 25 heavy (non-hydrogen) atoms. The third-order valence-corrected chi connectivity index (χ3v) is 3.94. The number of hydrogen-bond donors (Lipinski definition) is 2. The van der Waals surface area contributed by atoms with Crippen LogP contribution in [0.25, 0.3) is 0 Å². The number of anilines is 1. The lowest BCUT2D eigenvalue weighted by Gasteiger charge is -2.19. The lowest BCUT2D eigenvalue weighted by molar-refractivity contribution is -0.118. The van der Waals surface area contributed by atoms with Crippen molar-refractivity contribution in [2.24, 2.45) is 0 Å². The molecule has 128 valence electrons. The van der Waals surface area contributed by atoms with Crippen LogP contribution in [0.2, 0.25) is 0 Å². The molecule has 0 aromatic heterocycles. The Hall–Kier alpha value is -3.22. The molecule has 2 aromatic carbocycles. The molecule has 2 aromatic rings.